The monoisotopic (exact) mass is 290 g/mol. The maximum atomic E-state index is 11.9. The van der Waals surface area contributed by atoms with Crippen molar-refractivity contribution >= 4 is 34.4 Å². The van der Waals surface area contributed by atoms with Crippen LogP contribution in [0.15, 0.2) is 24.3 Å². The molecule has 1 fully saturated rings. The first-order chi connectivity index (χ1) is 9.63. The molecule has 0 radical (unpaired) electrons. The van der Waals surface area contributed by atoms with Crippen LogP contribution >= 0.6 is 11.6 Å². The van der Waals surface area contributed by atoms with E-state index in [4.69, 9.17) is 17.3 Å². The Hall–Kier alpha value is -1.72. The van der Waals surface area contributed by atoms with Gasteiger partial charge in [0.2, 0.25) is 5.91 Å². The van der Waals surface area contributed by atoms with Crippen LogP contribution in [-0.2, 0) is 4.79 Å². The minimum Gasteiger partial charge on any atom is -0.327 e. The first kappa shape index (κ1) is 13.3. The van der Waals surface area contributed by atoms with Gasteiger partial charge in [-0.2, -0.15) is 0 Å². The summed E-state index contributed by atoms with van der Waals surface area (Å²) in [6, 6.07) is 7.29. The van der Waals surface area contributed by atoms with Crippen LogP contribution in [0.25, 0.3) is 11.0 Å². The third-order valence-electron chi connectivity index (χ3n) is 3.43. The highest BCUT2D eigenvalue weighted by Crippen LogP contribution is 2.33. The lowest BCUT2D eigenvalue weighted by Gasteiger charge is -2.11. The number of carbonyl (C=O) groups excluding carboxylic acids is 1. The van der Waals surface area contributed by atoms with E-state index in [1.807, 2.05) is 24.3 Å². The van der Waals surface area contributed by atoms with Crippen molar-refractivity contribution in [2.24, 2.45) is 11.7 Å². The Bertz CT molecular complexity index is 657. The molecule has 1 atom stereocenters. The second kappa shape index (κ2) is 5.34. The Kier molecular flexibility index (Phi) is 3.54. The smallest absolute Gasteiger partial charge is 0.227 e. The fourth-order valence-corrected chi connectivity index (χ4v) is 2.33. The second-order valence-corrected chi connectivity index (χ2v) is 5.46. The van der Waals surface area contributed by atoms with Gasteiger partial charge in [-0.15, -0.1) is 0 Å². The van der Waals surface area contributed by atoms with E-state index < -0.39 is 0 Å². The van der Waals surface area contributed by atoms with Crippen molar-refractivity contribution in [3.8, 4) is 0 Å². The van der Waals surface area contributed by atoms with Gasteiger partial charge in [0.15, 0.2) is 11.0 Å². The lowest BCUT2D eigenvalue weighted by Crippen LogP contribution is -2.29. The fourth-order valence-electron chi connectivity index (χ4n) is 2.15. The van der Waals surface area contributed by atoms with E-state index in [2.05, 4.69) is 15.3 Å². The van der Waals surface area contributed by atoms with E-state index in [-0.39, 0.29) is 23.5 Å². The summed E-state index contributed by atoms with van der Waals surface area (Å²) < 4.78 is 0. The van der Waals surface area contributed by atoms with E-state index in [9.17, 15) is 4.79 Å². The molecule has 1 aliphatic carbocycles. The zero-order valence-corrected chi connectivity index (χ0v) is 11.6. The molecule has 3 N–H and O–H groups in total. The van der Waals surface area contributed by atoms with E-state index in [1.165, 1.54) is 0 Å². The number of aromatic nitrogens is 2. The van der Waals surface area contributed by atoms with Gasteiger partial charge in [-0.25, -0.2) is 9.97 Å². The molecule has 1 unspecified atom stereocenters. The Labute approximate surface area is 121 Å². The number of benzene rings is 1. The van der Waals surface area contributed by atoms with Crippen LogP contribution in [0.4, 0.5) is 5.82 Å². The lowest BCUT2D eigenvalue weighted by atomic mass is 10.1. The van der Waals surface area contributed by atoms with Crippen LogP contribution in [0.1, 0.15) is 19.3 Å². The van der Waals surface area contributed by atoms with Gasteiger partial charge in [-0.05, 0) is 30.9 Å². The number of halogens is 1. The van der Waals surface area contributed by atoms with Crippen LogP contribution in [0.3, 0.4) is 0 Å². The molecule has 1 amide bonds. The Balaban J connectivity index is 1.75. The predicted molar refractivity (Wildman–Crippen MR) is 78.5 cm³/mol. The number of nitrogens with one attached hydrogen (secondary N) is 1. The number of amides is 1. The van der Waals surface area contributed by atoms with Crippen LogP contribution in [0.2, 0.25) is 5.15 Å². The van der Waals surface area contributed by atoms with Crippen molar-refractivity contribution in [2.75, 3.05) is 5.32 Å². The molecule has 0 bridgehead atoms. The summed E-state index contributed by atoms with van der Waals surface area (Å²) in [5.74, 6) is 0.605. The molecule has 3 rings (SSSR count). The minimum atomic E-state index is -0.170. The van der Waals surface area contributed by atoms with Crippen molar-refractivity contribution in [1.29, 1.82) is 0 Å². The Morgan fingerprint density at radius 1 is 1.35 bits per heavy atom. The maximum Gasteiger partial charge on any atom is 0.227 e. The Morgan fingerprint density at radius 3 is 2.65 bits per heavy atom. The average molecular weight is 291 g/mol. The molecule has 1 aromatic heterocycles. The van der Waals surface area contributed by atoms with Crippen molar-refractivity contribution < 1.29 is 4.79 Å². The van der Waals surface area contributed by atoms with Gasteiger partial charge in [0, 0.05) is 12.5 Å². The third-order valence-corrected chi connectivity index (χ3v) is 3.70. The van der Waals surface area contributed by atoms with Gasteiger partial charge >= 0.3 is 0 Å². The summed E-state index contributed by atoms with van der Waals surface area (Å²) in [6.45, 7) is 0. The summed E-state index contributed by atoms with van der Waals surface area (Å²) in [7, 11) is 0. The number of para-hydroxylation sites is 2. The third kappa shape index (κ3) is 2.89. The molecule has 2 aromatic rings. The maximum absolute atomic E-state index is 11.9. The van der Waals surface area contributed by atoms with E-state index in [0.29, 0.717) is 22.8 Å². The van der Waals surface area contributed by atoms with E-state index >= 15 is 0 Å². The molecule has 20 heavy (non-hydrogen) atoms. The van der Waals surface area contributed by atoms with E-state index in [0.717, 1.165) is 12.8 Å². The predicted octanol–water partition coefficient (Wildman–Crippen LogP) is 2.35. The number of hydrogen-bond donors (Lipinski definition) is 2. The number of fused-ring (bicyclic) bond motifs is 1. The second-order valence-electron chi connectivity index (χ2n) is 5.11. The van der Waals surface area contributed by atoms with Crippen LogP contribution < -0.4 is 11.1 Å². The zero-order chi connectivity index (χ0) is 14.1. The van der Waals surface area contributed by atoms with Crippen molar-refractivity contribution in [2.45, 2.75) is 25.3 Å². The van der Waals surface area contributed by atoms with Gasteiger partial charge in [-0.1, -0.05) is 23.7 Å². The number of nitrogens with zero attached hydrogens (tertiary/aromatic N) is 2. The normalized spacial score (nSPS) is 16.1. The average Bonchev–Trinajstić information content (AvgIpc) is 3.23. The molecule has 0 spiro atoms. The SMILES string of the molecule is NC(CC(=O)Nc1nc2ccccc2nc1Cl)C1CC1. The molecule has 1 aliphatic rings. The summed E-state index contributed by atoms with van der Waals surface area (Å²) >= 11 is 6.04. The molecular weight excluding hydrogens is 276 g/mol. The van der Waals surface area contributed by atoms with Crippen LogP contribution in [0.5, 0.6) is 0 Å². The largest absolute Gasteiger partial charge is 0.327 e. The fraction of sp³-hybridized carbons (Fsp3) is 0.357. The molecule has 1 heterocycles. The van der Waals surface area contributed by atoms with Crippen LogP contribution in [-0.4, -0.2) is 21.9 Å². The summed E-state index contributed by atoms with van der Waals surface area (Å²) in [5, 5.41) is 2.88. The van der Waals surface area contributed by atoms with Crippen molar-refractivity contribution in [3.05, 3.63) is 29.4 Å². The van der Waals surface area contributed by atoms with Gasteiger partial charge in [0.1, 0.15) is 0 Å². The summed E-state index contributed by atoms with van der Waals surface area (Å²) in [6.07, 6.45) is 2.52. The quantitative estimate of drug-likeness (QED) is 0.905. The molecule has 1 saturated carbocycles. The molecule has 0 saturated heterocycles. The van der Waals surface area contributed by atoms with Gasteiger partial charge in [0.25, 0.3) is 0 Å². The number of nitrogens with two attached hydrogens (primary N) is 1. The van der Waals surface area contributed by atoms with E-state index in [1.54, 1.807) is 0 Å². The topological polar surface area (TPSA) is 80.9 Å². The van der Waals surface area contributed by atoms with Crippen molar-refractivity contribution in [3.63, 3.8) is 0 Å². The zero-order valence-electron chi connectivity index (χ0n) is 10.8. The van der Waals surface area contributed by atoms with Crippen LogP contribution in [0, 0.1) is 5.92 Å². The summed E-state index contributed by atoms with van der Waals surface area (Å²) in [5.41, 5.74) is 7.32. The molecule has 1 aromatic carbocycles. The van der Waals surface area contributed by atoms with Gasteiger partial charge < -0.3 is 11.1 Å². The highest BCUT2D eigenvalue weighted by Gasteiger charge is 2.30. The highest BCUT2D eigenvalue weighted by molar-refractivity contribution is 6.32. The Morgan fingerprint density at radius 2 is 2.00 bits per heavy atom. The number of hydrogen-bond acceptors (Lipinski definition) is 4. The minimum absolute atomic E-state index is 0.0813. The molecule has 6 heteroatoms. The lowest BCUT2D eigenvalue weighted by molar-refractivity contribution is -0.116. The van der Waals surface area contributed by atoms with Gasteiger partial charge in [0.05, 0.1) is 11.0 Å². The first-order valence-electron chi connectivity index (χ1n) is 6.61. The number of carbonyl (C=O) groups is 1. The standard InChI is InChI=1S/C14H15ClN4O/c15-13-14(18-11-4-2-1-3-10(11)17-13)19-12(20)7-9(16)8-5-6-8/h1-4,8-9H,5-7,16H2,(H,18,19,20). The first-order valence-corrected chi connectivity index (χ1v) is 6.99. The molecule has 0 aliphatic heterocycles. The molecular formula is C14H15ClN4O. The number of anilines is 1. The molecule has 104 valence electrons. The molecule has 5 nitrogen and oxygen atoms in total. The van der Waals surface area contributed by atoms with Gasteiger partial charge in [-0.3, -0.25) is 4.79 Å². The highest BCUT2D eigenvalue weighted by atomic mass is 35.5. The summed E-state index contributed by atoms with van der Waals surface area (Å²) in [4.78, 5) is 20.5. The van der Waals surface area contributed by atoms with Crippen molar-refractivity contribution in [1.82, 2.24) is 9.97 Å². The number of rotatable bonds is 4.